The van der Waals surface area contributed by atoms with Crippen molar-refractivity contribution in [3.8, 4) is 18.2 Å². The van der Waals surface area contributed by atoms with E-state index in [2.05, 4.69) is 41.1 Å². The second-order valence-corrected chi connectivity index (χ2v) is 5.48. The van der Waals surface area contributed by atoms with Crippen molar-refractivity contribution in [2.45, 2.75) is 33.1 Å². The molecule has 0 aliphatic heterocycles. The van der Waals surface area contributed by atoms with Gasteiger partial charge in [0.15, 0.2) is 0 Å². The van der Waals surface area contributed by atoms with Gasteiger partial charge in [0.2, 0.25) is 11.8 Å². The molecular formula is C15H19N3OS. The average Bonchev–Trinajstić information content (AvgIpc) is 2.88. The van der Waals surface area contributed by atoms with E-state index in [0.29, 0.717) is 24.9 Å². The van der Waals surface area contributed by atoms with Crippen LogP contribution in [0.15, 0.2) is 6.07 Å². The van der Waals surface area contributed by atoms with Gasteiger partial charge in [0.25, 0.3) is 0 Å². The highest BCUT2D eigenvalue weighted by Crippen LogP contribution is 2.31. The lowest BCUT2D eigenvalue weighted by Gasteiger charge is -2.08. The number of nitrogens with one attached hydrogen (secondary N) is 1. The average molecular weight is 289 g/mol. The van der Waals surface area contributed by atoms with Crippen molar-refractivity contribution in [1.82, 2.24) is 9.97 Å². The maximum absolute atomic E-state index is 5.71. The van der Waals surface area contributed by atoms with Crippen LogP contribution in [0, 0.1) is 12.3 Å². The predicted molar refractivity (Wildman–Crippen MR) is 84.5 cm³/mol. The predicted octanol–water partition coefficient (Wildman–Crippen LogP) is 3.48. The third-order valence-corrected chi connectivity index (χ3v) is 3.95. The minimum absolute atomic E-state index is 0.479. The summed E-state index contributed by atoms with van der Waals surface area (Å²) in [5.74, 6) is 3.82. The van der Waals surface area contributed by atoms with Crippen molar-refractivity contribution >= 4 is 27.5 Å². The molecule has 0 saturated heterocycles. The molecule has 2 heterocycles. The number of ether oxygens (including phenoxy) is 1. The molecule has 0 atom stereocenters. The Morgan fingerprint density at radius 1 is 1.40 bits per heavy atom. The highest BCUT2D eigenvalue weighted by atomic mass is 32.1. The van der Waals surface area contributed by atoms with E-state index in [0.717, 1.165) is 29.6 Å². The summed E-state index contributed by atoms with van der Waals surface area (Å²) >= 11 is 1.69. The molecule has 0 spiro atoms. The van der Waals surface area contributed by atoms with Gasteiger partial charge in [0.1, 0.15) is 11.4 Å². The molecule has 0 unspecified atom stereocenters. The Morgan fingerprint density at radius 2 is 2.25 bits per heavy atom. The summed E-state index contributed by atoms with van der Waals surface area (Å²) in [7, 11) is 0. The van der Waals surface area contributed by atoms with Crippen LogP contribution in [0.1, 0.15) is 31.6 Å². The molecule has 0 aliphatic rings. The molecule has 0 aliphatic carbocycles. The molecule has 0 aromatic carbocycles. The minimum atomic E-state index is 0.479. The number of aryl methyl sites for hydroxylation is 1. The number of anilines is 1. The molecule has 0 bridgehead atoms. The van der Waals surface area contributed by atoms with Crippen LogP contribution in [-0.2, 0) is 6.42 Å². The molecule has 2 rings (SSSR count). The Bertz CT molecular complexity index is 615. The van der Waals surface area contributed by atoms with E-state index in [1.54, 1.807) is 11.3 Å². The number of aromatic nitrogens is 2. The Morgan fingerprint density at radius 3 is 2.95 bits per heavy atom. The molecule has 2 aromatic rings. The summed E-state index contributed by atoms with van der Waals surface area (Å²) in [5.41, 5.74) is 0. The highest BCUT2D eigenvalue weighted by Gasteiger charge is 2.12. The van der Waals surface area contributed by atoms with Gasteiger partial charge < -0.3 is 10.1 Å². The first-order chi connectivity index (χ1) is 9.78. The van der Waals surface area contributed by atoms with Crippen LogP contribution in [0.5, 0.6) is 5.88 Å². The number of fused-ring (bicyclic) bond motifs is 1. The first kappa shape index (κ1) is 14.6. The van der Waals surface area contributed by atoms with Crippen LogP contribution in [-0.4, -0.2) is 23.1 Å². The number of hydrogen-bond donors (Lipinski definition) is 1. The summed E-state index contributed by atoms with van der Waals surface area (Å²) in [6.07, 6.45) is 7.85. The van der Waals surface area contributed by atoms with Gasteiger partial charge in [-0.15, -0.1) is 23.7 Å². The van der Waals surface area contributed by atoms with Gasteiger partial charge in [-0.2, -0.15) is 4.98 Å². The van der Waals surface area contributed by atoms with Crippen molar-refractivity contribution in [3.63, 3.8) is 0 Å². The summed E-state index contributed by atoms with van der Waals surface area (Å²) in [5, 5.41) is 4.19. The highest BCUT2D eigenvalue weighted by molar-refractivity contribution is 7.18. The van der Waals surface area contributed by atoms with Gasteiger partial charge in [-0.05, 0) is 18.9 Å². The molecule has 0 radical (unpaired) electrons. The summed E-state index contributed by atoms with van der Waals surface area (Å²) < 4.78 is 5.71. The van der Waals surface area contributed by atoms with E-state index in [4.69, 9.17) is 11.2 Å². The summed E-state index contributed by atoms with van der Waals surface area (Å²) in [6.45, 7) is 5.57. The molecule has 1 N–H and O–H groups in total. The van der Waals surface area contributed by atoms with Gasteiger partial charge in [-0.3, -0.25) is 0 Å². The Kier molecular flexibility index (Phi) is 5.19. The Balaban J connectivity index is 2.33. The lowest BCUT2D eigenvalue weighted by atomic mass is 10.3. The van der Waals surface area contributed by atoms with E-state index in [9.17, 15) is 0 Å². The Labute approximate surface area is 123 Å². The zero-order valence-corrected chi connectivity index (χ0v) is 12.7. The first-order valence-electron chi connectivity index (χ1n) is 6.89. The van der Waals surface area contributed by atoms with Crippen LogP contribution >= 0.6 is 11.3 Å². The largest absolute Gasteiger partial charge is 0.476 e. The monoisotopic (exact) mass is 289 g/mol. The minimum Gasteiger partial charge on any atom is -0.476 e. The Hall–Kier alpha value is -1.80. The topological polar surface area (TPSA) is 47.0 Å². The first-order valence-corrected chi connectivity index (χ1v) is 7.70. The molecule has 4 nitrogen and oxygen atoms in total. The molecule has 2 aromatic heterocycles. The molecule has 0 fully saturated rings. The molecule has 0 amide bonds. The SMILES string of the molecule is C#CCCOc1nc(NCCC)nc2sc(CC)cc12. The number of rotatable bonds is 7. The lowest BCUT2D eigenvalue weighted by Crippen LogP contribution is -2.06. The quantitative estimate of drug-likeness (QED) is 0.626. The van der Waals surface area contributed by atoms with E-state index >= 15 is 0 Å². The van der Waals surface area contributed by atoms with E-state index in [1.165, 1.54) is 4.88 Å². The molecule has 20 heavy (non-hydrogen) atoms. The fraction of sp³-hybridized carbons (Fsp3) is 0.467. The molecule has 5 heteroatoms. The normalized spacial score (nSPS) is 10.4. The van der Waals surface area contributed by atoms with Gasteiger partial charge in [-0.25, -0.2) is 4.98 Å². The zero-order chi connectivity index (χ0) is 14.4. The van der Waals surface area contributed by atoms with Gasteiger partial charge in [0, 0.05) is 17.8 Å². The third-order valence-electron chi connectivity index (χ3n) is 2.78. The van der Waals surface area contributed by atoms with Gasteiger partial charge in [-0.1, -0.05) is 13.8 Å². The standard InChI is InChI=1S/C15H19N3OS/c1-4-7-9-19-13-12-10-11(6-3)20-14(12)18-15(17-13)16-8-5-2/h1,10H,5-9H2,2-3H3,(H,16,17,18). The number of nitrogens with zero attached hydrogens (tertiary/aromatic N) is 2. The fourth-order valence-corrected chi connectivity index (χ4v) is 2.71. The fourth-order valence-electron chi connectivity index (χ4n) is 1.75. The van der Waals surface area contributed by atoms with E-state index < -0.39 is 0 Å². The molecule has 0 saturated carbocycles. The molecular weight excluding hydrogens is 270 g/mol. The smallest absolute Gasteiger partial charge is 0.227 e. The maximum atomic E-state index is 5.71. The van der Waals surface area contributed by atoms with Crippen LogP contribution in [0.25, 0.3) is 10.2 Å². The van der Waals surface area contributed by atoms with Crippen molar-refractivity contribution in [2.75, 3.05) is 18.5 Å². The van der Waals surface area contributed by atoms with Crippen LogP contribution in [0.2, 0.25) is 0 Å². The zero-order valence-electron chi connectivity index (χ0n) is 11.9. The van der Waals surface area contributed by atoms with Gasteiger partial charge >= 0.3 is 0 Å². The van der Waals surface area contributed by atoms with E-state index in [-0.39, 0.29) is 0 Å². The van der Waals surface area contributed by atoms with Gasteiger partial charge in [0.05, 0.1) is 5.39 Å². The maximum Gasteiger partial charge on any atom is 0.227 e. The van der Waals surface area contributed by atoms with Crippen molar-refractivity contribution in [2.24, 2.45) is 0 Å². The lowest BCUT2D eigenvalue weighted by molar-refractivity contribution is 0.319. The third kappa shape index (κ3) is 3.40. The van der Waals surface area contributed by atoms with Crippen molar-refractivity contribution in [3.05, 3.63) is 10.9 Å². The number of hydrogen-bond acceptors (Lipinski definition) is 5. The summed E-state index contributed by atoms with van der Waals surface area (Å²) in [6, 6.07) is 2.11. The van der Waals surface area contributed by atoms with E-state index in [1.807, 2.05) is 0 Å². The molecule has 106 valence electrons. The van der Waals surface area contributed by atoms with Crippen LogP contribution in [0.3, 0.4) is 0 Å². The van der Waals surface area contributed by atoms with Crippen molar-refractivity contribution < 1.29 is 4.74 Å². The second kappa shape index (κ2) is 7.11. The van der Waals surface area contributed by atoms with Crippen LogP contribution in [0.4, 0.5) is 5.95 Å². The number of terminal acetylenes is 1. The number of thiophene rings is 1. The summed E-state index contributed by atoms with van der Waals surface area (Å²) in [4.78, 5) is 11.2. The van der Waals surface area contributed by atoms with Crippen molar-refractivity contribution in [1.29, 1.82) is 0 Å². The van der Waals surface area contributed by atoms with Crippen LogP contribution < -0.4 is 10.1 Å². The second-order valence-electron chi connectivity index (χ2n) is 4.37.